The van der Waals surface area contributed by atoms with E-state index in [9.17, 15) is 21.4 Å². The van der Waals surface area contributed by atoms with Crippen LogP contribution in [0.5, 0.6) is 5.75 Å². The standard InChI is InChI=1S/C39H39N3O6S2/c1-27-21-23-42(24-22-27)49(43,44)38-12-8-7-11-35(38)39-33-19-15-30(40(2)28-9-5-4-6-10-28)25-36(33)48-37-26-31(16-20-34(37)39)41(3)29-13-17-32(18-14-29)50(45,46)47/h4-20,25-27,33,39H,21-24H2,1-3H3/p+1/b40-30+. The summed E-state index contributed by atoms with van der Waals surface area (Å²) in [6.07, 6.45) is 7.88. The average Bonchev–Trinajstić information content (AvgIpc) is 3.13. The minimum Gasteiger partial charge on any atom is -0.460 e. The normalized spacial score (nSPS) is 20.7. The van der Waals surface area contributed by atoms with Crippen molar-refractivity contribution >= 4 is 42.9 Å². The predicted octanol–water partition coefficient (Wildman–Crippen LogP) is 7.13. The molecule has 3 aliphatic rings. The van der Waals surface area contributed by atoms with Crippen LogP contribution in [0.1, 0.15) is 36.8 Å². The quantitative estimate of drug-likeness (QED) is 0.161. The van der Waals surface area contributed by atoms with Crippen LogP contribution in [0.25, 0.3) is 0 Å². The maximum Gasteiger partial charge on any atom is 0.294 e. The van der Waals surface area contributed by atoms with Gasteiger partial charge >= 0.3 is 0 Å². The molecular formula is C39H40N3O6S2+. The summed E-state index contributed by atoms with van der Waals surface area (Å²) in [6.45, 7) is 3.17. The molecule has 0 spiro atoms. The van der Waals surface area contributed by atoms with Gasteiger partial charge in [0.05, 0.1) is 9.79 Å². The maximum absolute atomic E-state index is 14.3. The van der Waals surface area contributed by atoms with Crippen molar-refractivity contribution < 1.29 is 30.7 Å². The van der Waals surface area contributed by atoms with E-state index in [2.05, 4.69) is 23.7 Å². The molecule has 0 saturated carbocycles. The van der Waals surface area contributed by atoms with E-state index in [0.717, 1.165) is 41.1 Å². The van der Waals surface area contributed by atoms with Gasteiger partial charge in [-0.1, -0.05) is 55.5 Å². The van der Waals surface area contributed by atoms with Crippen molar-refractivity contribution in [1.29, 1.82) is 0 Å². The van der Waals surface area contributed by atoms with E-state index in [0.29, 0.717) is 41.1 Å². The fraction of sp³-hybridized carbons (Fsp3) is 0.256. The summed E-state index contributed by atoms with van der Waals surface area (Å²) in [5.74, 6) is 1.19. The zero-order valence-electron chi connectivity index (χ0n) is 28.2. The Kier molecular flexibility index (Phi) is 9.02. The second-order valence-corrected chi connectivity index (χ2v) is 16.5. The minimum atomic E-state index is -4.32. The molecule has 2 atom stereocenters. The highest BCUT2D eigenvalue weighted by molar-refractivity contribution is 7.89. The molecule has 9 nitrogen and oxygen atoms in total. The van der Waals surface area contributed by atoms with E-state index in [-0.39, 0.29) is 16.7 Å². The third kappa shape index (κ3) is 6.42. The summed E-state index contributed by atoms with van der Waals surface area (Å²) < 4.78 is 71.7. The van der Waals surface area contributed by atoms with Gasteiger partial charge in [0, 0.05) is 79.3 Å². The van der Waals surface area contributed by atoms with Crippen LogP contribution in [-0.2, 0) is 20.1 Å². The number of sulfonamides is 1. The molecule has 0 bridgehead atoms. The Morgan fingerprint density at radius 2 is 1.50 bits per heavy atom. The number of anilines is 2. The summed E-state index contributed by atoms with van der Waals surface area (Å²) in [4.78, 5) is 2.02. The predicted molar refractivity (Wildman–Crippen MR) is 195 cm³/mol. The van der Waals surface area contributed by atoms with Crippen molar-refractivity contribution in [3.63, 3.8) is 0 Å². The van der Waals surface area contributed by atoms with Crippen LogP contribution in [0.15, 0.2) is 131 Å². The van der Waals surface area contributed by atoms with Gasteiger partial charge in [0.25, 0.3) is 10.1 Å². The largest absolute Gasteiger partial charge is 0.460 e. The molecule has 2 heterocycles. The van der Waals surface area contributed by atoms with Crippen molar-refractivity contribution in [3.8, 4) is 5.75 Å². The summed E-state index contributed by atoms with van der Waals surface area (Å²) >= 11 is 0. The van der Waals surface area contributed by atoms with E-state index in [1.807, 2.05) is 85.7 Å². The lowest BCUT2D eigenvalue weighted by atomic mass is 9.75. The second kappa shape index (κ2) is 13.3. The fourth-order valence-corrected chi connectivity index (χ4v) is 9.25. The summed E-state index contributed by atoms with van der Waals surface area (Å²) in [7, 11) is -4.23. The first-order valence-corrected chi connectivity index (χ1v) is 19.6. The number of allylic oxidation sites excluding steroid dienone is 3. The number of rotatable bonds is 7. The van der Waals surface area contributed by atoms with E-state index in [4.69, 9.17) is 4.74 Å². The van der Waals surface area contributed by atoms with Crippen molar-refractivity contribution in [3.05, 3.63) is 132 Å². The monoisotopic (exact) mass is 710 g/mol. The molecule has 1 fully saturated rings. The summed E-state index contributed by atoms with van der Waals surface area (Å²) in [6, 6.07) is 29.2. The highest BCUT2D eigenvalue weighted by atomic mass is 32.2. The summed E-state index contributed by atoms with van der Waals surface area (Å²) in [5, 5.41) is 0. The van der Waals surface area contributed by atoms with Gasteiger partial charge in [-0.15, -0.1) is 0 Å². The third-order valence-corrected chi connectivity index (χ3v) is 12.9. The van der Waals surface area contributed by atoms with Crippen LogP contribution in [0.2, 0.25) is 0 Å². The topological polar surface area (TPSA) is 107 Å². The van der Waals surface area contributed by atoms with Gasteiger partial charge in [-0.3, -0.25) is 4.55 Å². The molecule has 11 heteroatoms. The lowest BCUT2D eigenvalue weighted by Gasteiger charge is -2.37. The van der Waals surface area contributed by atoms with Gasteiger partial charge in [0.1, 0.15) is 18.6 Å². The molecule has 4 aromatic carbocycles. The highest BCUT2D eigenvalue weighted by Crippen LogP contribution is 2.50. The van der Waals surface area contributed by atoms with Gasteiger partial charge < -0.3 is 9.64 Å². The molecule has 2 aliphatic heterocycles. The van der Waals surface area contributed by atoms with Crippen LogP contribution in [0.4, 0.5) is 17.1 Å². The molecule has 1 aliphatic carbocycles. The summed E-state index contributed by atoms with van der Waals surface area (Å²) in [5.41, 5.74) is 5.02. The van der Waals surface area contributed by atoms with Crippen molar-refractivity contribution in [2.24, 2.45) is 11.8 Å². The molecular weight excluding hydrogens is 671 g/mol. The van der Waals surface area contributed by atoms with Crippen LogP contribution < -0.4 is 9.64 Å². The third-order valence-electron chi connectivity index (χ3n) is 10.1. The first-order chi connectivity index (χ1) is 23.9. The van der Waals surface area contributed by atoms with E-state index in [1.165, 1.54) is 12.1 Å². The van der Waals surface area contributed by atoms with Crippen LogP contribution in [0, 0.1) is 11.8 Å². The van der Waals surface area contributed by atoms with Crippen LogP contribution in [0.3, 0.4) is 0 Å². The minimum absolute atomic E-state index is 0.185. The SMILES string of the molecule is CC1CCN(S(=O)(=O)c2ccccc2C2c3ccc(N(C)c4ccc(S(=O)(=O)O)cc4)cc3OC3=C/C(=[N+](\C)c4ccccc4)C=CC32)CC1. The maximum atomic E-state index is 14.3. The van der Waals surface area contributed by atoms with Crippen LogP contribution in [-0.4, -0.2) is 63.2 Å². The lowest BCUT2D eigenvalue weighted by molar-refractivity contribution is -0.403. The highest BCUT2D eigenvalue weighted by Gasteiger charge is 2.41. The number of para-hydroxylation sites is 1. The number of piperidine rings is 1. The van der Waals surface area contributed by atoms with Gasteiger partial charge in [0.2, 0.25) is 21.4 Å². The number of hydrogen-bond acceptors (Lipinski definition) is 6. The van der Waals surface area contributed by atoms with Crippen molar-refractivity contribution in [2.75, 3.05) is 32.1 Å². The van der Waals surface area contributed by atoms with Gasteiger partial charge in [-0.25, -0.2) is 8.42 Å². The zero-order chi connectivity index (χ0) is 35.2. The number of fused-ring (bicyclic) bond motifs is 2. The molecule has 1 saturated heterocycles. The molecule has 1 N–H and O–H groups in total. The van der Waals surface area contributed by atoms with Gasteiger partial charge in [-0.05, 0) is 60.7 Å². The van der Waals surface area contributed by atoms with Gasteiger partial charge in [0.15, 0.2) is 0 Å². The van der Waals surface area contributed by atoms with E-state index < -0.39 is 20.1 Å². The Labute approximate surface area is 294 Å². The average molecular weight is 711 g/mol. The number of hydrogen-bond donors (Lipinski definition) is 1. The van der Waals surface area contributed by atoms with E-state index in [1.54, 1.807) is 28.6 Å². The smallest absolute Gasteiger partial charge is 0.294 e. The Bertz CT molecular complexity index is 2240. The molecule has 50 heavy (non-hydrogen) atoms. The Balaban J connectivity index is 1.34. The molecule has 0 aromatic heterocycles. The molecule has 7 rings (SSSR count). The number of nitrogens with zero attached hydrogens (tertiary/aromatic N) is 3. The van der Waals surface area contributed by atoms with Crippen molar-refractivity contribution in [2.45, 2.75) is 35.5 Å². The van der Waals surface area contributed by atoms with Gasteiger partial charge in [-0.2, -0.15) is 17.3 Å². The first-order valence-electron chi connectivity index (χ1n) is 16.7. The zero-order valence-corrected chi connectivity index (χ0v) is 29.8. The lowest BCUT2D eigenvalue weighted by Crippen LogP contribution is -2.38. The number of ether oxygens (including phenoxy) is 1. The molecule has 0 amide bonds. The number of benzene rings is 4. The molecule has 0 radical (unpaired) electrons. The molecule has 258 valence electrons. The Morgan fingerprint density at radius 3 is 2.20 bits per heavy atom. The Morgan fingerprint density at radius 1 is 0.840 bits per heavy atom. The van der Waals surface area contributed by atoms with E-state index >= 15 is 0 Å². The molecule has 2 unspecified atom stereocenters. The second-order valence-electron chi connectivity index (χ2n) is 13.2. The first kappa shape index (κ1) is 33.9. The Hall–Kier alpha value is -4.55. The van der Waals surface area contributed by atoms with Crippen molar-refractivity contribution in [1.82, 2.24) is 4.31 Å². The fourth-order valence-electron chi connectivity index (χ4n) is 7.06. The van der Waals surface area contributed by atoms with Crippen LogP contribution >= 0.6 is 0 Å². The molecule has 4 aromatic rings.